The van der Waals surface area contributed by atoms with Gasteiger partial charge in [0.25, 0.3) is 0 Å². The van der Waals surface area contributed by atoms with Crippen molar-refractivity contribution in [3.63, 3.8) is 0 Å². The van der Waals surface area contributed by atoms with E-state index in [1.165, 1.54) is 0 Å². The lowest BCUT2D eigenvalue weighted by atomic mass is 10.2. The summed E-state index contributed by atoms with van der Waals surface area (Å²) in [5, 5.41) is 5.94. The van der Waals surface area contributed by atoms with Crippen LogP contribution in [0, 0.1) is 0 Å². The molecule has 5 nitrogen and oxygen atoms in total. The summed E-state index contributed by atoms with van der Waals surface area (Å²) in [6, 6.07) is 9.60. The standard InChI is InChI=1S/C18H26N2O3/c1-15(2)17(10-7-12-22-3)20-18(21)14-19-11-13-23-16-8-5-4-6-9-16/h4-10,19H,11-14H2,1-3H3,(H,20,21)/b10-7-. The van der Waals surface area contributed by atoms with Crippen LogP contribution in [-0.4, -0.2) is 39.3 Å². The van der Waals surface area contributed by atoms with E-state index in [1.54, 1.807) is 7.11 Å². The number of amides is 1. The Morgan fingerprint density at radius 2 is 1.96 bits per heavy atom. The van der Waals surface area contributed by atoms with E-state index in [1.807, 2.05) is 56.3 Å². The van der Waals surface area contributed by atoms with Crippen LogP contribution < -0.4 is 15.4 Å². The zero-order valence-corrected chi connectivity index (χ0v) is 14.1. The lowest BCUT2D eigenvalue weighted by molar-refractivity contribution is -0.119. The van der Waals surface area contributed by atoms with Gasteiger partial charge in [0.05, 0.1) is 13.2 Å². The summed E-state index contributed by atoms with van der Waals surface area (Å²) in [6.07, 6.45) is 3.72. The predicted octanol–water partition coefficient (Wildman–Crippen LogP) is 2.27. The number of hydrogen-bond donors (Lipinski definition) is 2. The average Bonchev–Trinajstić information content (AvgIpc) is 2.54. The molecule has 0 aromatic heterocycles. The summed E-state index contributed by atoms with van der Waals surface area (Å²) in [5.74, 6) is 0.747. The van der Waals surface area contributed by atoms with E-state index in [0.29, 0.717) is 19.8 Å². The minimum Gasteiger partial charge on any atom is -0.492 e. The lowest BCUT2D eigenvalue weighted by Crippen LogP contribution is -2.35. The van der Waals surface area contributed by atoms with Gasteiger partial charge in [0.1, 0.15) is 12.4 Å². The molecule has 0 fully saturated rings. The Labute approximate surface area is 138 Å². The Morgan fingerprint density at radius 1 is 1.22 bits per heavy atom. The van der Waals surface area contributed by atoms with E-state index in [4.69, 9.17) is 9.47 Å². The SMILES string of the molecule is COC/C=C\C(NC(=O)CNCCOc1ccccc1)=C(C)C. The van der Waals surface area contributed by atoms with Crippen molar-refractivity contribution in [2.24, 2.45) is 0 Å². The Hall–Kier alpha value is -2.11. The van der Waals surface area contributed by atoms with Gasteiger partial charge in [0.15, 0.2) is 0 Å². The van der Waals surface area contributed by atoms with Gasteiger partial charge in [-0.25, -0.2) is 0 Å². The fourth-order valence-corrected chi connectivity index (χ4v) is 1.75. The number of rotatable bonds is 10. The van der Waals surface area contributed by atoms with Crippen molar-refractivity contribution < 1.29 is 14.3 Å². The first-order valence-corrected chi connectivity index (χ1v) is 7.65. The maximum atomic E-state index is 11.9. The van der Waals surface area contributed by atoms with Crippen LogP contribution >= 0.6 is 0 Å². The topological polar surface area (TPSA) is 59.6 Å². The molecular formula is C18H26N2O3. The maximum absolute atomic E-state index is 11.9. The van der Waals surface area contributed by atoms with Gasteiger partial charge in [-0.15, -0.1) is 0 Å². The second-order valence-electron chi connectivity index (χ2n) is 5.16. The lowest BCUT2D eigenvalue weighted by Gasteiger charge is -2.10. The molecule has 0 saturated heterocycles. The van der Waals surface area contributed by atoms with E-state index < -0.39 is 0 Å². The third-order valence-corrected chi connectivity index (χ3v) is 2.94. The van der Waals surface area contributed by atoms with Crippen LogP contribution in [0.15, 0.2) is 53.8 Å². The zero-order chi connectivity index (χ0) is 16.9. The molecule has 126 valence electrons. The Balaban J connectivity index is 2.24. The molecular weight excluding hydrogens is 292 g/mol. The van der Waals surface area contributed by atoms with Crippen LogP contribution in [0.4, 0.5) is 0 Å². The normalized spacial score (nSPS) is 10.6. The highest BCUT2D eigenvalue weighted by atomic mass is 16.5. The molecule has 0 heterocycles. The van der Waals surface area contributed by atoms with Gasteiger partial charge in [0.2, 0.25) is 5.91 Å². The molecule has 1 aromatic carbocycles. The van der Waals surface area contributed by atoms with Gasteiger partial charge in [0, 0.05) is 19.4 Å². The van der Waals surface area contributed by atoms with Crippen molar-refractivity contribution in [1.82, 2.24) is 10.6 Å². The van der Waals surface area contributed by atoms with E-state index in [2.05, 4.69) is 10.6 Å². The van der Waals surface area contributed by atoms with E-state index in [9.17, 15) is 4.79 Å². The van der Waals surface area contributed by atoms with Crippen molar-refractivity contribution in [2.45, 2.75) is 13.8 Å². The molecule has 2 N–H and O–H groups in total. The summed E-state index contributed by atoms with van der Waals surface area (Å²) in [5.41, 5.74) is 1.84. The van der Waals surface area contributed by atoms with Crippen molar-refractivity contribution in [3.8, 4) is 5.75 Å². The zero-order valence-electron chi connectivity index (χ0n) is 14.1. The molecule has 0 aliphatic rings. The van der Waals surface area contributed by atoms with E-state index in [0.717, 1.165) is 17.0 Å². The van der Waals surface area contributed by atoms with Gasteiger partial charge in [-0.3, -0.25) is 4.79 Å². The smallest absolute Gasteiger partial charge is 0.238 e. The van der Waals surface area contributed by atoms with Crippen LogP contribution in [0.25, 0.3) is 0 Å². The maximum Gasteiger partial charge on any atom is 0.238 e. The van der Waals surface area contributed by atoms with Crippen LogP contribution in [0.2, 0.25) is 0 Å². The van der Waals surface area contributed by atoms with E-state index >= 15 is 0 Å². The highest BCUT2D eigenvalue weighted by Crippen LogP contribution is 2.07. The van der Waals surface area contributed by atoms with E-state index in [-0.39, 0.29) is 12.5 Å². The van der Waals surface area contributed by atoms with Gasteiger partial charge < -0.3 is 20.1 Å². The number of para-hydroxylation sites is 1. The minimum atomic E-state index is -0.0806. The molecule has 0 unspecified atom stereocenters. The van der Waals surface area contributed by atoms with Crippen LogP contribution in [0.1, 0.15) is 13.8 Å². The summed E-state index contributed by atoms with van der Waals surface area (Å²) >= 11 is 0. The molecule has 0 aliphatic carbocycles. The summed E-state index contributed by atoms with van der Waals surface area (Å²) in [7, 11) is 1.63. The fourth-order valence-electron chi connectivity index (χ4n) is 1.75. The second-order valence-corrected chi connectivity index (χ2v) is 5.16. The van der Waals surface area contributed by atoms with Crippen molar-refractivity contribution in [2.75, 3.05) is 33.4 Å². The van der Waals surface area contributed by atoms with Crippen LogP contribution in [-0.2, 0) is 9.53 Å². The molecule has 1 rings (SSSR count). The van der Waals surface area contributed by atoms with Gasteiger partial charge in [-0.1, -0.05) is 29.8 Å². The van der Waals surface area contributed by atoms with Crippen molar-refractivity contribution >= 4 is 5.91 Å². The quantitative estimate of drug-likeness (QED) is 0.513. The molecule has 0 spiro atoms. The average molecular weight is 318 g/mol. The molecule has 1 amide bonds. The highest BCUT2D eigenvalue weighted by Gasteiger charge is 2.03. The third kappa shape index (κ3) is 8.80. The van der Waals surface area contributed by atoms with Crippen molar-refractivity contribution in [1.29, 1.82) is 0 Å². The molecule has 23 heavy (non-hydrogen) atoms. The number of nitrogens with one attached hydrogen (secondary N) is 2. The Bertz CT molecular complexity index is 520. The number of allylic oxidation sites excluding steroid dienone is 2. The molecule has 0 bridgehead atoms. The number of hydrogen-bond acceptors (Lipinski definition) is 4. The molecule has 0 radical (unpaired) electrons. The first-order valence-electron chi connectivity index (χ1n) is 7.65. The predicted molar refractivity (Wildman–Crippen MR) is 92.3 cm³/mol. The molecule has 1 aromatic rings. The Kier molecular flexibility index (Phi) is 9.43. The summed E-state index contributed by atoms with van der Waals surface area (Å²) in [4.78, 5) is 11.9. The number of ether oxygens (including phenoxy) is 2. The minimum absolute atomic E-state index is 0.0806. The molecule has 0 atom stereocenters. The van der Waals surface area contributed by atoms with Gasteiger partial charge in [-0.05, 0) is 32.1 Å². The first kappa shape index (κ1) is 18.9. The largest absolute Gasteiger partial charge is 0.492 e. The Morgan fingerprint density at radius 3 is 2.61 bits per heavy atom. The second kappa shape index (κ2) is 11.5. The first-order chi connectivity index (χ1) is 11.1. The van der Waals surface area contributed by atoms with Crippen LogP contribution in [0.3, 0.4) is 0 Å². The molecule has 5 heteroatoms. The van der Waals surface area contributed by atoms with Crippen molar-refractivity contribution in [3.05, 3.63) is 53.8 Å². The summed E-state index contributed by atoms with van der Waals surface area (Å²) in [6.45, 7) is 5.78. The fraction of sp³-hybridized carbons (Fsp3) is 0.389. The number of benzene rings is 1. The number of methoxy groups -OCH3 is 1. The van der Waals surface area contributed by atoms with Gasteiger partial charge >= 0.3 is 0 Å². The number of carbonyl (C=O) groups excluding carboxylic acids is 1. The molecule has 0 saturated carbocycles. The van der Waals surface area contributed by atoms with Crippen LogP contribution in [0.5, 0.6) is 5.75 Å². The number of carbonyl (C=O) groups is 1. The third-order valence-electron chi connectivity index (χ3n) is 2.94. The van der Waals surface area contributed by atoms with Gasteiger partial charge in [-0.2, -0.15) is 0 Å². The molecule has 0 aliphatic heterocycles. The summed E-state index contributed by atoms with van der Waals surface area (Å²) < 4.78 is 10.5. The highest BCUT2D eigenvalue weighted by molar-refractivity contribution is 5.80. The monoisotopic (exact) mass is 318 g/mol.